The van der Waals surface area contributed by atoms with E-state index in [-0.39, 0.29) is 35.5 Å². The predicted octanol–water partition coefficient (Wildman–Crippen LogP) is 4.26. The van der Waals surface area contributed by atoms with Crippen LogP contribution in [-0.4, -0.2) is 17.7 Å². The first-order valence-corrected chi connectivity index (χ1v) is 9.89. The molecule has 1 aliphatic carbocycles. The lowest BCUT2D eigenvalue weighted by atomic mass is 9.78. The molecule has 3 amide bonds. The van der Waals surface area contributed by atoms with E-state index in [1.54, 1.807) is 24.3 Å². The molecule has 3 atom stereocenters. The molecule has 1 fully saturated rings. The van der Waals surface area contributed by atoms with Gasteiger partial charge in [0.05, 0.1) is 17.5 Å². The van der Waals surface area contributed by atoms with Gasteiger partial charge in [-0.2, -0.15) is 0 Å². The molecule has 0 saturated carbocycles. The summed E-state index contributed by atoms with van der Waals surface area (Å²) in [5, 5.41) is 2.90. The monoisotopic (exact) mass is 388 g/mol. The Bertz CT molecular complexity index is 1020. The number of benzene rings is 2. The van der Waals surface area contributed by atoms with E-state index in [1.807, 2.05) is 51.1 Å². The minimum atomic E-state index is -0.319. The molecule has 4 rings (SSSR count). The van der Waals surface area contributed by atoms with Crippen LogP contribution in [0.4, 0.5) is 11.4 Å². The molecule has 0 aromatic heterocycles. The van der Waals surface area contributed by atoms with Gasteiger partial charge in [0.2, 0.25) is 11.8 Å². The van der Waals surface area contributed by atoms with Crippen molar-refractivity contribution in [3.05, 3.63) is 71.3 Å². The highest BCUT2D eigenvalue weighted by Crippen LogP contribution is 2.40. The van der Waals surface area contributed by atoms with Crippen LogP contribution in [-0.2, 0) is 9.59 Å². The molecular formula is C24H24N2O3. The second-order valence-corrected chi connectivity index (χ2v) is 8.05. The number of carbonyl (C=O) groups excluding carboxylic acids is 3. The number of nitrogens with one attached hydrogen (secondary N) is 1. The van der Waals surface area contributed by atoms with Crippen LogP contribution >= 0.6 is 0 Å². The summed E-state index contributed by atoms with van der Waals surface area (Å²) in [5.74, 6) is -1.23. The van der Waals surface area contributed by atoms with Crippen molar-refractivity contribution in [1.29, 1.82) is 0 Å². The summed E-state index contributed by atoms with van der Waals surface area (Å²) in [6, 6.07) is 12.6. The SMILES string of the molecule is Cc1cc(C)cc(NC(=O)c2cccc(N3C(=O)[C@@H]4[C@@H](C)C=CC[C@H]4C3=O)c2)c1. The van der Waals surface area contributed by atoms with Gasteiger partial charge in [0.15, 0.2) is 0 Å². The van der Waals surface area contributed by atoms with E-state index in [1.165, 1.54) is 4.90 Å². The first-order chi connectivity index (χ1) is 13.8. The summed E-state index contributed by atoms with van der Waals surface area (Å²) >= 11 is 0. The van der Waals surface area contributed by atoms with Crippen molar-refractivity contribution in [2.24, 2.45) is 17.8 Å². The van der Waals surface area contributed by atoms with Gasteiger partial charge in [-0.15, -0.1) is 0 Å². The Morgan fingerprint density at radius 3 is 2.45 bits per heavy atom. The summed E-state index contributed by atoms with van der Waals surface area (Å²) in [7, 11) is 0. The van der Waals surface area contributed by atoms with Crippen molar-refractivity contribution >= 4 is 29.1 Å². The molecule has 0 radical (unpaired) electrons. The summed E-state index contributed by atoms with van der Waals surface area (Å²) in [5.41, 5.74) is 3.70. The number of nitrogens with zero attached hydrogens (tertiary/aromatic N) is 1. The first-order valence-electron chi connectivity index (χ1n) is 9.89. The molecule has 2 aromatic rings. The average Bonchev–Trinajstić information content (AvgIpc) is 2.92. The van der Waals surface area contributed by atoms with Crippen LogP contribution < -0.4 is 10.2 Å². The normalized spacial score (nSPS) is 23.3. The molecule has 0 unspecified atom stereocenters. The third-order valence-corrected chi connectivity index (χ3v) is 5.72. The fourth-order valence-corrected chi connectivity index (χ4v) is 4.44. The van der Waals surface area contributed by atoms with Crippen molar-refractivity contribution in [3.8, 4) is 0 Å². The van der Waals surface area contributed by atoms with Gasteiger partial charge in [-0.3, -0.25) is 19.3 Å². The van der Waals surface area contributed by atoms with Crippen molar-refractivity contribution in [1.82, 2.24) is 0 Å². The Morgan fingerprint density at radius 1 is 1.03 bits per heavy atom. The van der Waals surface area contributed by atoms with Crippen LogP contribution in [0.5, 0.6) is 0 Å². The lowest BCUT2D eigenvalue weighted by molar-refractivity contribution is -0.122. The molecule has 2 aromatic carbocycles. The van der Waals surface area contributed by atoms with Gasteiger partial charge < -0.3 is 5.32 Å². The molecule has 1 N–H and O–H groups in total. The highest BCUT2D eigenvalue weighted by molar-refractivity contribution is 6.22. The average molecular weight is 388 g/mol. The van der Waals surface area contributed by atoms with Crippen molar-refractivity contribution < 1.29 is 14.4 Å². The molecule has 0 bridgehead atoms. The quantitative estimate of drug-likeness (QED) is 0.631. The minimum absolute atomic E-state index is 0.0336. The van der Waals surface area contributed by atoms with E-state index in [2.05, 4.69) is 5.32 Å². The zero-order chi connectivity index (χ0) is 20.7. The van der Waals surface area contributed by atoms with Crippen LogP contribution in [0, 0.1) is 31.6 Å². The lowest BCUT2D eigenvalue weighted by Crippen LogP contribution is -2.31. The van der Waals surface area contributed by atoms with Crippen LogP contribution in [0.15, 0.2) is 54.6 Å². The van der Waals surface area contributed by atoms with E-state index in [9.17, 15) is 14.4 Å². The Labute approximate surface area is 170 Å². The highest BCUT2D eigenvalue weighted by atomic mass is 16.2. The summed E-state index contributed by atoms with van der Waals surface area (Å²) in [6.45, 7) is 5.92. The Balaban J connectivity index is 1.60. The van der Waals surface area contributed by atoms with Gasteiger partial charge in [-0.05, 0) is 67.6 Å². The van der Waals surface area contributed by atoms with E-state index in [0.29, 0.717) is 17.7 Å². The number of hydrogen-bond acceptors (Lipinski definition) is 3. The molecule has 148 valence electrons. The second kappa shape index (κ2) is 7.32. The van der Waals surface area contributed by atoms with Crippen molar-refractivity contribution in [3.63, 3.8) is 0 Å². The van der Waals surface area contributed by atoms with Crippen LogP contribution in [0.1, 0.15) is 34.8 Å². The van der Waals surface area contributed by atoms with E-state index in [0.717, 1.165) is 16.8 Å². The molecule has 5 nitrogen and oxygen atoms in total. The van der Waals surface area contributed by atoms with Gasteiger partial charge in [0, 0.05) is 11.3 Å². The molecule has 5 heteroatoms. The number of amides is 3. The third-order valence-electron chi connectivity index (χ3n) is 5.72. The van der Waals surface area contributed by atoms with Gasteiger partial charge in [-0.1, -0.05) is 31.2 Å². The molecule has 0 spiro atoms. The van der Waals surface area contributed by atoms with Gasteiger partial charge in [-0.25, -0.2) is 0 Å². The molecule has 1 heterocycles. The maximum atomic E-state index is 13.0. The Kier molecular flexibility index (Phi) is 4.82. The van der Waals surface area contributed by atoms with Crippen LogP contribution in [0.3, 0.4) is 0 Å². The molecule has 2 aliphatic rings. The lowest BCUT2D eigenvalue weighted by Gasteiger charge is -2.22. The fourth-order valence-electron chi connectivity index (χ4n) is 4.44. The van der Waals surface area contributed by atoms with Crippen molar-refractivity contribution in [2.75, 3.05) is 10.2 Å². The predicted molar refractivity (Wildman–Crippen MR) is 113 cm³/mol. The number of aryl methyl sites for hydroxylation is 2. The van der Waals surface area contributed by atoms with Crippen molar-refractivity contribution in [2.45, 2.75) is 27.2 Å². The summed E-state index contributed by atoms with van der Waals surface area (Å²) < 4.78 is 0. The van der Waals surface area contributed by atoms with Crippen LogP contribution in [0.2, 0.25) is 0 Å². The number of hydrogen-bond donors (Lipinski definition) is 1. The van der Waals surface area contributed by atoms with E-state index < -0.39 is 0 Å². The molecular weight excluding hydrogens is 364 g/mol. The zero-order valence-corrected chi connectivity index (χ0v) is 16.8. The molecule has 1 aliphatic heterocycles. The number of rotatable bonds is 3. The summed E-state index contributed by atoms with van der Waals surface area (Å²) in [6.07, 6.45) is 4.57. The topological polar surface area (TPSA) is 66.5 Å². The van der Waals surface area contributed by atoms with Gasteiger partial charge in [0.25, 0.3) is 5.91 Å². The van der Waals surface area contributed by atoms with E-state index >= 15 is 0 Å². The third kappa shape index (κ3) is 3.48. The second-order valence-electron chi connectivity index (χ2n) is 8.05. The number of allylic oxidation sites excluding steroid dienone is 2. The number of fused-ring (bicyclic) bond motifs is 1. The summed E-state index contributed by atoms with van der Waals surface area (Å²) in [4.78, 5) is 39.9. The minimum Gasteiger partial charge on any atom is -0.322 e. The standard InChI is InChI=1S/C24H24N2O3/c1-14-10-15(2)12-18(11-14)25-22(27)17-7-5-8-19(13-17)26-23(28)20-9-4-6-16(3)21(20)24(26)29/h4-8,10-13,16,20-21H,9H2,1-3H3,(H,25,27)/t16-,20+,21+/m0/s1. The largest absolute Gasteiger partial charge is 0.322 e. The number of imide groups is 1. The number of carbonyl (C=O) groups is 3. The van der Waals surface area contributed by atoms with Gasteiger partial charge >= 0.3 is 0 Å². The van der Waals surface area contributed by atoms with Gasteiger partial charge in [0.1, 0.15) is 0 Å². The highest BCUT2D eigenvalue weighted by Gasteiger charge is 2.50. The molecule has 29 heavy (non-hydrogen) atoms. The Morgan fingerprint density at radius 2 is 1.76 bits per heavy atom. The maximum Gasteiger partial charge on any atom is 0.255 e. The molecule has 1 saturated heterocycles. The first kappa shape index (κ1) is 19.1. The fraction of sp³-hybridized carbons (Fsp3) is 0.292. The smallest absolute Gasteiger partial charge is 0.255 e. The number of anilines is 2. The maximum absolute atomic E-state index is 13.0. The van der Waals surface area contributed by atoms with E-state index in [4.69, 9.17) is 0 Å². The van der Waals surface area contributed by atoms with Crippen LogP contribution in [0.25, 0.3) is 0 Å². The Hall–Kier alpha value is -3.21. The zero-order valence-electron chi connectivity index (χ0n) is 16.8.